The van der Waals surface area contributed by atoms with Crippen molar-refractivity contribution in [3.8, 4) is 0 Å². The molecule has 0 aliphatic heterocycles. The molecule has 0 aliphatic carbocycles. The minimum absolute atomic E-state index is 0. The number of quaternary nitrogens is 1. The molecule has 2 aromatic rings. The molecule has 0 saturated heterocycles. The predicted molar refractivity (Wildman–Crippen MR) is 75.8 cm³/mol. The fourth-order valence-electron chi connectivity index (χ4n) is 2.02. The van der Waals surface area contributed by atoms with Crippen molar-refractivity contribution in [2.45, 2.75) is 13.0 Å². The summed E-state index contributed by atoms with van der Waals surface area (Å²) < 4.78 is 0.641. The first-order valence-electron chi connectivity index (χ1n) is 6.24. The van der Waals surface area contributed by atoms with Crippen molar-refractivity contribution < 1.29 is 33.3 Å². The lowest BCUT2D eigenvalue weighted by atomic mass is 9.97. The molecule has 0 fully saturated rings. The molecule has 0 aliphatic rings. The second-order valence-electron chi connectivity index (χ2n) is 5.68. The van der Waals surface area contributed by atoms with E-state index in [1.165, 1.54) is 0 Å². The van der Waals surface area contributed by atoms with Crippen LogP contribution in [0.1, 0.15) is 17.3 Å². The Bertz CT molecular complexity index is 581. The topological polar surface area (TPSA) is 17.1 Å². The largest absolute Gasteiger partial charge is 1.00 e. The molecule has 1 atom stereocenters. The van der Waals surface area contributed by atoms with Crippen LogP contribution in [0.3, 0.4) is 0 Å². The Morgan fingerprint density at radius 3 is 2.21 bits per heavy atom. The normalized spacial score (nSPS) is 12.8. The van der Waals surface area contributed by atoms with Crippen molar-refractivity contribution in [2.75, 3.05) is 21.1 Å². The minimum atomic E-state index is -0.0455. The van der Waals surface area contributed by atoms with Gasteiger partial charge in [-0.1, -0.05) is 42.5 Å². The van der Waals surface area contributed by atoms with Crippen LogP contribution in [-0.2, 0) is 0 Å². The van der Waals surface area contributed by atoms with Gasteiger partial charge in [-0.15, -0.1) is 0 Å². The van der Waals surface area contributed by atoms with Gasteiger partial charge in [0.2, 0.25) is 5.78 Å². The van der Waals surface area contributed by atoms with Crippen LogP contribution in [0, 0.1) is 0 Å². The molecule has 102 valence electrons. The van der Waals surface area contributed by atoms with E-state index in [-0.39, 0.29) is 35.8 Å². The highest BCUT2D eigenvalue weighted by atomic mass is 127. The summed E-state index contributed by atoms with van der Waals surface area (Å²) in [7, 11) is 6.15. The smallest absolute Gasteiger partial charge is 0.220 e. The van der Waals surface area contributed by atoms with Crippen molar-refractivity contribution >= 4 is 16.6 Å². The molecule has 19 heavy (non-hydrogen) atoms. The molecule has 2 nitrogen and oxygen atoms in total. The lowest BCUT2D eigenvalue weighted by Gasteiger charge is -2.30. The van der Waals surface area contributed by atoms with E-state index in [4.69, 9.17) is 0 Å². The Morgan fingerprint density at radius 2 is 1.58 bits per heavy atom. The Labute approximate surface area is 132 Å². The quantitative estimate of drug-likeness (QED) is 0.427. The standard InChI is InChI=1S/C16H20NO.HI/c1-12(17(2,3)4)16(18)15-11-7-9-13-8-5-6-10-14(13)15;/h5-12H,1-4H3;1H/q+1;/p-1. The molecular formula is C16H20INO. The molecule has 0 N–H and O–H groups in total. The third-order valence-corrected chi connectivity index (χ3v) is 3.60. The molecule has 0 spiro atoms. The van der Waals surface area contributed by atoms with E-state index in [2.05, 4.69) is 0 Å². The summed E-state index contributed by atoms with van der Waals surface area (Å²) in [6.45, 7) is 1.99. The highest BCUT2D eigenvalue weighted by molar-refractivity contribution is 6.09. The summed E-state index contributed by atoms with van der Waals surface area (Å²) in [6.07, 6.45) is 0. The highest BCUT2D eigenvalue weighted by Gasteiger charge is 2.28. The molecule has 2 rings (SSSR count). The maximum atomic E-state index is 12.6. The monoisotopic (exact) mass is 369 g/mol. The predicted octanol–water partition coefficient (Wildman–Crippen LogP) is 0.121. The number of halogens is 1. The fourth-order valence-corrected chi connectivity index (χ4v) is 2.02. The number of hydrogen-bond acceptors (Lipinski definition) is 1. The van der Waals surface area contributed by atoms with Crippen molar-refractivity contribution in [3.63, 3.8) is 0 Å². The Morgan fingerprint density at radius 1 is 1.00 bits per heavy atom. The van der Waals surface area contributed by atoms with Crippen molar-refractivity contribution in [1.82, 2.24) is 0 Å². The van der Waals surface area contributed by atoms with Crippen molar-refractivity contribution in [3.05, 3.63) is 48.0 Å². The van der Waals surface area contributed by atoms with Crippen LogP contribution in [0.2, 0.25) is 0 Å². The molecule has 0 amide bonds. The first-order valence-corrected chi connectivity index (χ1v) is 6.24. The molecule has 0 saturated carbocycles. The number of ketones is 1. The molecule has 0 heterocycles. The number of benzene rings is 2. The number of Topliss-reactive ketones (excluding diaryl/α,β-unsaturated/α-hetero) is 1. The summed E-state index contributed by atoms with van der Waals surface area (Å²) >= 11 is 0. The van der Waals surface area contributed by atoms with Gasteiger partial charge in [0.15, 0.2) is 0 Å². The second kappa shape index (κ2) is 6.01. The van der Waals surface area contributed by atoms with Gasteiger partial charge in [0, 0.05) is 5.56 Å². The van der Waals surface area contributed by atoms with Gasteiger partial charge in [-0.3, -0.25) is 4.79 Å². The molecule has 0 aromatic heterocycles. The summed E-state index contributed by atoms with van der Waals surface area (Å²) in [4.78, 5) is 12.6. The molecule has 3 heteroatoms. The number of hydrogen-bond donors (Lipinski definition) is 0. The lowest BCUT2D eigenvalue weighted by molar-refractivity contribution is -0.883. The third-order valence-electron chi connectivity index (χ3n) is 3.60. The van der Waals surface area contributed by atoms with Crippen molar-refractivity contribution in [2.24, 2.45) is 0 Å². The van der Waals surface area contributed by atoms with E-state index in [1.54, 1.807) is 0 Å². The number of likely N-dealkylation sites (N-methyl/N-ethyl adjacent to an activating group) is 1. The molecular weight excluding hydrogens is 349 g/mol. The van der Waals surface area contributed by atoms with Gasteiger partial charge in [-0.05, 0) is 17.7 Å². The first-order chi connectivity index (χ1) is 8.41. The third kappa shape index (κ3) is 3.34. The van der Waals surface area contributed by atoms with Gasteiger partial charge in [0.25, 0.3) is 0 Å². The fraction of sp³-hybridized carbons (Fsp3) is 0.312. The van der Waals surface area contributed by atoms with Crippen LogP contribution in [0.15, 0.2) is 42.5 Å². The summed E-state index contributed by atoms with van der Waals surface area (Å²) in [5.41, 5.74) is 0.827. The zero-order valence-electron chi connectivity index (χ0n) is 11.9. The molecule has 1 unspecified atom stereocenters. The molecule has 0 bridgehead atoms. The number of rotatable bonds is 3. The minimum Gasteiger partial charge on any atom is -1.00 e. The maximum Gasteiger partial charge on any atom is 0.220 e. The Kier molecular flexibility index (Phi) is 5.10. The summed E-state index contributed by atoms with van der Waals surface area (Å²) in [6, 6.07) is 13.9. The number of carbonyl (C=O) groups excluding carboxylic acids is 1. The second-order valence-corrected chi connectivity index (χ2v) is 5.68. The van der Waals surface area contributed by atoms with Gasteiger partial charge in [-0.25, -0.2) is 0 Å². The van der Waals surface area contributed by atoms with Crippen LogP contribution < -0.4 is 24.0 Å². The van der Waals surface area contributed by atoms with Crippen LogP contribution in [-0.4, -0.2) is 37.5 Å². The van der Waals surface area contributed by atoms with Crippen LogP contribution >= 0.6 is 0 Å². The van der Waals surface area contributed by atoms with E-state index < -0.39 is 0 Å². The average molecular weight is 369 g/mol. The lowest BCUT2D eigenvalue weighted by Crippen LogP contribution is -3.00. The summed E-state index contributed by atoms with van der Waals surface area (Å²) in [5, 5.41) is 2.17. The van der Waals surface area contributed by atoms with E-state index in [0.29, 0.717) is 4.48 Å². The van der Waals surface area contributed by atoms with Gasteiger partial charge in [0.1, 0.15) is 6.04 Å². The summed E-state index contributed by atoms with van der Waals surface area (Å²) in [5.74, 6) is 0.208. The zero-order chi connectivity index (χ0) is 13.3. The molecule has 2 aromatic carbocycles. The van der Waals surface area contributed by atoms with Gasteiger partial charge in [-0.2, -0.15) is 0 Å². The number of nitrogens with zero attached hydrogens (tertiary/aromatic N) is 1. The van der Waals surface area contributed by atoms with Crippen LogP contribution in [0.25, 0.3) is 10.8 Å². The van der Waals surface area contributed by atoms with Crippen LogP contribution in [0.5, 0.6) is 0 Å². The van der Waals surface area contributed by atoms with Gasteiger partial charge < -0.3 is 28.5 Å². The Hall–Kier alpha value is -0.940. The SMILES string of the molecule is CC(C(=O)c1cccc2ccccc12)[N+](C)(C)C.[I-]. The first kappa shape index (κ1) is 16.1. The van der Waals surface area contributed by atoms with E-state index in [0.717, 1.165) is 16.3 Å². The maximum absolute atomic E-state index is 12.6. The number of fused-ring (bicyclic) bond motifs is 1. The number of carbonyl (C=O) groups is 1. The zero-order valence-corrected chi connectivity index (χ0v) is 14.0. The van der Waals surface area contributed by atoms with Gasteiger partial charge in [0.05, 0.1) is 21.1 Å². The highest BCUT2D eigenvalue weighted by Crippen LogP contribution is 2.21. The van der Waals surface area contributed by atoms with Gasteiger partial charge >= 0.3 is 0 Å². The van der Waals surface area contributed by atoms with E-state index in [9.17, 15) is 4.79 Å². The Balaban J connectivity index is 0.00000180. The van der Waals surface area contributed by atoms with Crippen LogP contribution in [0.4, 0.5) is 0 Å². The van der Waals surface area contributed by atoms with Crippen molar-refractivity contribution in [1.29, 1.82) is 0 Å². The molecule has 0 radical (unpaired) electrons. The average Bonchev–Trinajstić information content (AvgIpc) is 2.35. The van der Waals surface area contributed by atoms with E-state index in [1.807, 2.05) is 70.5 Å². The van der Waals surface area contributed by atoms with E-state index >= 15 is 0 Å².